The van der Waals surface area contributed by atoms with Crippen molar-refractivity contribution < 1.29 is 27.5 Å². The molecule has 0 fully saturated rings. The van der Waals surface area contributed by atoms with Gasteiger partial charge in [0.2, 0.25) is 0 Å². The van der Waals surface area contributed by atoms with E-state index in [0.717, 1.165) is 0 Å². The molecule has 1 N–H and O–H groups in total. The lowest BCUT2D eigenvalue weighted by Gasteiger charge is -2.13. The summed E-state index contributed by atoms with van der Waals surface area (Å²) >= 11 is 0. The fourth-order valence-electron chi connectivity index (χ4n) is 1.35. The molecule has 0 saturated carbocycles. The summed E-state index contributed by atoms with van der Waals surface area (Å²) in [6, 6.07) is 5.10. The molecule has 0 radical (unpaired) electrons. The van der Waals surface area contributed by atoms with Crippen molar-refractivity contribution in [1.29, 1.82) is 0 Å². The van der Waals surface area contributed by atoms with Crippen LogP contribution in [0, 0.1) is 0 Å². The maximum absolute atomic E-state index is 11.8. The molecule has 1 aromatic rings. The van der Waals surface area contributed by atoms with Crippen LogP contribution in [0.5, 0.6) is 11.5 Å². The lowest BCUT2D eigenvalue weighted by Crippen LogP contribution is -2.24. The van der Waals surface area contributed by atoms with Crippen LogP contribution >= 0.6 is 0 Å². The van der Waals surface area contributed by atoms with Gasteiger partial charge in [-0.3, -0.25) is 4.84 Å². The van der Waals surface area contributed by atoms with Gasteiger partial charge in [0, 0.05) is 12.1 Å². The first-order chi connectivity index (χ1) is 8.48. The second-order valence-electron chi connectivity index (χ2n) is 3.38. The van der Waals surface area contributed by atoms with Gasteiger partial charge in [-0.05, 0) is 6.07 Å². The minimum atomic E-state index is -4.36. The molecule has 0 aliphatic rings. The van der Waals surface area contributed by atoms with E-state index in [1.165, 1.54) is 14.2 Å². The van der Waals surface area contributed by atoms with Gasteiger partial charge >= 0.3 is 6.18 Å². The Morgan fingerprint density at radius 2 is 1.89 bits per heavy atom. The van der Waals surface area contributed by atoms with Gasteiger partial charge in [0.25, 0.3) is 0 Å². The number of nitrogens with one attached hydrogen (secondary N) is 1. The predicted octanol–water partition coefficient (Wildman–Crippen LogP) is 2.29. The highest BCUT2D eigenvalue weighted by Gasteiger charge is 2.27. The first-order valence-corrected chi connectivity index (χ1v) is 5.09. The average Bonchev–Trinajstić information content (AvgIpc) is 2.32. The van der Waals surface area contributed by atoms with Crippen molar-refractivity contribution in [1.82, 2.24) is 5.48 Å². The third-order valence-electron chi connectivity index (χ3n) is 2.09. The third kappa shape index (κ3) is 4.42. The monoisotopic (exact) mass is 265 g/mol. The van der Waals surface area contributed by atoms with E-state index in [9.17, 15) is 13.2 Å². The molecule has 0 aliphatic carbocycles. The van der Waals surface area contributed by atoms with Crippen molar-refractivity contribution in [3.63, 3.8) is 0 Å². The van der Waals surface area contributed by atoms with Crippen LogP contribution in [0.15, 0.2) is 18.2 Å². The zero-order valence-electron chi connectivity index (χ0n) is 10.0. The normalized spacial score (nSPS) is 11.4. The van der Waals surface area contributed by atoms with E-state index < -0.39 is 12.8 Å². The molecule has 0 unspecified atom stereocenters. The van der Waals surface area contributed by atoms with Crippen molar-refractivity contribution in [2.45, 2.75) is 12.7 Å². The number of ether oxygens (including phenoxy) is 2. The topological polar surface area (TPSA) is 39.7 Å². The summed E-state index contributed by atoms with van der Waals surface area (Å²) in [5.74, 6) is 0.968. The van der Waals surface area contributed by atoms with Crippen LogP contribution in [-0.4, -0.2) is 27.0 Å². The van der Waals surface area contributed by atoms with E-state index in [4.69, 9.17) is 9.47 Å². The second kappa shape index (κ2) is 6.46. The van der Waals surface area contributed by atoms with Crippen LogP contribution in [0.1, 0.15) is 5.56 Å². The lowest BCUT2D eigenvalue weighted by molar-refractivity contribution is -0.190. The van der Waals surface area contributed by atoms with Gasteiger partial charge in [-0.15, -0.1) is 0 Å². The van der Waals surface area contributed by atoms with Crippen LogP contribution in [0.4, 0.5) is 13.2 Å². The van der Waals surface area contributed by atoms with Crippen LogP contribution in [0.2, 0.25) is 0 Å². The zero-order valence-corrected chi connectivity index (χ0v) is 10.0. The fraction of sp³-hybridized carbons (Fsp3) is 0.455. The molecule has 0 spiro atoms. The van der Waals surface area contributed by atoms with Crippen molar-refractivity contribution in [2.75, 3.05) is 20.8 Å². The number of halogens is 3. The molecule has 102 valence electrons. The van der Waals surface area contributed by atoms with Gasteiger partial charge in [-0.1, -0.05) is 12.1 Å². The van der Waals surface area contributed by atoms with Gasteiger partial charge in [-0.2, -0.15) is 18.7 Å². The molecule has 7 heteroatoms. The number of methoxy groups -OCH3 is 2. The average molecular weight is 265 g/mol. The fourth-order valence-corrected chi connectivity index (χ4v) is 1.35. The summed E-state index contributed by atoms with van der Waals surface area (Å²) in [5.41, 5.74) is 2.87. The Morgan fingerprint density at radius 3 is 2.44 bits per heavy atom. The van der Waals surface area contributed by atoms with Crippen LogP contribution < -0.4 is 15.0 Å². The minimum absolute atomic E-state index is 0.0798. The van der Waals surface area contributed by atoms with Gasteiger partial charge < -0.3 is 9.47 Å². The molecule has 0 aliphatic heterocycles. The number of hydrogen-bond acceptors (Lipinski definition) is 4. The van der Waals surface area contributed by atoms with E-state index in [0.29, 0.717) is 17.1 Å². The molecular formula is C11H14F3NO3. The molecular weight excluding hydrogens is 251 g/mol. The van der Waals surface area contributed by atoms with E-state index >= 15 is 0 Å². The minimum Gasteiger partial charge on any atom is -0.493 e. The maximum atomic E-state index is 11.8. The predicted molar refractivity (Wildman–Crippen MR) is 58.4 cm³/mol. The highest BCUT2D eigenvalue weighted by atomic mass is 19.4. The molecule has 0 atom stereocenters. The van der Waals surface area contributed by atoms with Gasteiger partial charge in [-0.25, -0.2) is 0 Å². The molecule has 0 aromatic heterocycles. The Morgan fingerprint density at radius 1 is 1.17 bits per heavy atom. The van der Waals surface area contributed by atoms with Crippen LogP contribution in [0.25, 0.3) is 0 Å². The van der Waals surface area contributed by atoms with Crippen molar-refractivity contribution >= 4 is 0 Å². The molecule has 0 bridgehead atoms. The van der Waals surface area contributed by atoms with Crippen molar-refractivity contribution in [3.05, 3.63) is 23.8 Å². The Balaban J connectivity index is 2.57. The van der Waals surface area contributed by atoms with Crippen molar-refractivity contribution in [2.24, 2.45) is 0 Å². The van der Waals surface area contributed by atoms with Gasteiger partial charge in [0.15, 0.2) is 18.1 Å². The number of para-hydroxylation sites is 1. The summed E-state index contributed by atoms with van der Waals surface area (Å²) in [7, 11) is 2.94. The molecule has 4 nitrogen and oxygen atoms in total. The summed E-state index contributed by atoms with van der Waals surface area (Å²) in [6.07, 6.45) is -4.36. The Hall–Kier alpha value is -1.47. The van der Waals surface area contributed by atoms with Crippen molar-refractivity contribution in [3.8, 4) is 11.5 Å². The van der Waals surface area contributed by atoms with Crippen LogP contribution in [0.3, 0.4) is 0 Å². The first-order valence-electron chi connectivity index (χ1n) is 5.09. The SMILES string of the molecule is COc1cccc(CNOCC(F)(F)F)c1OC. The van der Waals surface area contributed by atoms with E-state index in [2.05, 4.69) is 10.3 Å². The Kier molecular flexibility index (Phi) is 5.24. The lowest BCUT2D eigenvalue weighted by atomic mass is 10.2. The quantitative estimate of drug-likeness (QED) is 0.632. The first kappa shape index (κ1) is 14.6. The second-order valence-corrected chi connectivity index (χ2v) is 3.38. The van der Waals surface area contributed by atoms with E-state index in [-0.39, 0.29) is 6.54 Å². The smallest absolute Gasteiger partial charge is 0.413 e. The molecule has 0 amide bonds. The Labute approximate surface area is 103 Å². The number of benzene rings is 1. The van der Waals surface area contributed by atoms with Gasteiger partial charge in [0.05, 0.1) is 14.2 Å². The molecule has 1 rings (SSSR count). The molecule has 18 heavy (non-hydrogen) atoms. The number of hydroxylamine groups is 1. The van der Waals surface area contributed by atoms with Crippen LogP contribution in [-0.2, 0) is 11.4 Å². The molecule has 1 aromatic carbocycles. The number of rotatable bonds is 6. The zero-order chi connectivity index (χ0) is 13.6. The Bertz CT molecular complexity index is 382. The van der Waals surface area contributed by atoms with E-state index in [1.807, 2.05) is 0 Å². The largest absolute Gasteiger partial charge is 0.493 e. The standard InChI is InChI=1S/C11H14F3NO3/c1-16-9-5-3-4-8(10(9)17-2)6-15-18-7-11(12,13)14/h3-5,15H,6-7H2,1-2H3. The maximum Gasteiger partial charge on any atom is 0.413 e. The third-order valence-corrected chi connectivity index (χ3v) is 2.09. The number of hydrogen-bond donors (Lipinski definition) is 1. The van der Waals surface area contributed by atoms with E-state index in [1.54, 1.807) is 18.2 Å². The molecule has 0 saturated heterocycles. The summed E-state index contributed by atoms with van der Waals surface area (Å²) in [4.78, 5) is 4.30. The number of alkyl halides is 3. The highest BCUT2D eigenvalue weighted by Crippen LogP contribution is 2.30. The summed E-state index contributed by atoms with van der Waals surface area (Å²) in [6.45, 7) is -1.27. The summed E-state index contributed by atoms with van der Waals surface area (Å²) in [5, 5.41) is 0. The summed E-state index contributed by atoms with van der Waals surface area (Å²) < 4.78 is 45.7. The highest BCUT2D eigenvalue weighted by molar-refractivity contribution is 5.46. The van der Waals surface area contributed by atoms with Gasteiger partial charge in [0.1, 0.15) is 0 Å². The molecule has 0 heterocycles.